The maximum Gasteiger partial charge on any atom is 0.378 e. The Kier molecular flexibility index (Phi) is 5.47. The SMILES string of the molecule is C=CS(=O)(=O)CC1O[P](O)(OC)OC1CS(=O)(=O)C=C. The van der Waals surface area contributed by atoms with Crippen LogP contribution in [0.1, 0.15) is 0 Å². The van der Waals surface area contributed by atoms with Gasteiger partial charge in [-0.3, -0.25) is 9.05 Å². The van der Waals surface area contributed by atoms with Crippen molar-refractivity contribution in [1.82, 2.24) is 0 Å². The van der Waals surface area contributed by atoms with E-state index >= 15 is 0 Å². The van der Waals surface area contributed by atoms with Crippen molar-refractivity contribution in [3.8, 4) is 0 Å². The summed E-state index contributed by atoms with van der Waals surface area (Å²) in [5.74, 6) is -1.14. The molecule has 0 aromatic rings. The third-order valence-corrected chi connectivity index (χ3v) is 6.62. The summed E-state index contributed by atoms with van der Waals surface area (Å²) in [5, 5.41) is 1.44. The van der Waals surface area contributed by atoms with Gasteiger partial charge in [-0.05, 0) is 0 Å². The van der Waals surface area contributed by atoms with Gasteiger partial charge in [-0.15, -0.1) is 0 Å². The van der Waals surface area contributed by atoms with Crippen molar-refractivity contribution in [2.45, 2.75) is 12.2 Å². The number of sulfone groups is 2. The zero-order chi connectivity index (χ0) is 15.6. The van der Waals surface area contributed by atoms with Gasteiger partial charge in [0.25, 0.3) is 0 Å². The molecular weight excluding hydrogens is 331 g/mol. The van der Waals surface area contributed by atoms with E-state index in [1.54, 1.807) is 0 Å². The number of rotatable bonds is 7. The lowest BCUT2D eigenvalue weighted by Gasteiger charge is -2.18. The predicted octanol–water partition coefficient (Wildman–Crippen LogP) is 0.203. The monoisotopic (exact) mass is 347 g/mol. The second-order valence-corrected chi connectivity index (χ2v) is 9.64. The highest BCUT2D eigenvalue weighted by atomic mass is 32.2. The van der Waals surface area contributed by atoms with E-state index in [2.05, 4.69) is 17.7 Å². The summed E-state index contributed by atoms with van der Waals surface area (Å²) < 4.78 is 60.7. The molecule has 0 aromatic carbocycles. The molecule has 2 atom stereocenters. The molecule has 0 saturated carbocycles. The molecule has 1 aliphatic rings. The van der Waals surface area contributed by atoms with Crippen molar-refractivity contribution < 1.29 is 35.3 Å². The van der Waals surface area contributed by atoms with Crippen LogP contribution in [0.15, 0.2) is 24.0 Å². The summed E-state index contributed by atoms with van der Waals surface area (Å²) >= 11 is 0. The molecule has 1 aliphatic heterocycles. The zero-order valence-electron chi connectivity index (χ0n) is 10.7. The van der Waals surface area contributed by atoms with Gasteiger partial charge < -0.3 is 9.42 Å². The van der Waals surface area contributed by atoms with Crippen molar-refractivity contribution in [3.05, 3.63) is 24.0 Å². The molecule has 1 heterocycles. The molecule has 0 aliphatic carbocycles. The molecule has 8 nitrogen and oxygen atoms in total. The maximum absolute atomic E-state index is 11.5. The van der Waals surface area contributed by atoms with Gasteiger partial charge in [0.05, 0.1) is 11.5 Å². The van der Waals surface area contributed by atoms with Crippen LogP contribution in [0.2, 0.25) is 0 Å². The first-order valence-electron chi connectivity index (χ1n) is 5.31. The quantitative estimate of drug-likeness (QED) is 0.649. The predicted molar refractivity (Wildman–Crippen MR) is 73.9 cm³/mol. The van der Waals surface area contributed by atoms with Gasteiger partial charge in [0.1, 0.15) is 12.2 Å². The molecule has 0 spiro atoms. The van der Waals surface area contributed by atoms with Crippen LogP contribution >= 0.6 is 8.17 Å². The van der Waals surface area contributed by atoms with Crippen molar-refractivity contribution >= 4 is 27.8 Å². The highest BCUT2D eigenvalue weighted by molar-refractivity contribution is 7.94. The molecule has 117 valence electrons. The van der Waals surface area contributed by atoms with E-state index < -0.39 is 51.6 Å². The maximum atomic E-state index is 11.5. The van der Waals surface area contributed by atoms with Crippen LogP contribution in [-0.2, 0) is 33.2 Å². The van der Waals surface area contributed by atoms with Gasteiger partial charge in [-0.1, -0.05) is 13.2 Å². The first kappa shape index (κ1) is 17.7. The van der Waals surface area contributed by atoms with E-state index in [1.165, 1.54) is 0 Å². The molecule has 0 amide bonds. The summed E-state index contributed by atoms with van der Waals surface area (Å²) in [5.41, 5.74) is 0. The fourth-order valence-electron chi connectivity index (χ4n) is 1.46. The van der Waals surface area contributed by atoms with E-state index in [0.29, 0.717) is 0 Å². The average Bonchev–Trinajstić information content (AvgIpc) is 2.65. The van der Waals surface area contributed by atoms with Crippen LogP contribution in [0.5, 0.6) is 0 Å². The molecule has 1 radical (unpaired) electrons. The van der Waals surface area contributed by atoms with E-state index in [9.17, 15) is 21.7 Å². The Labute approximate surface area is 118 Å². The molecule has 1 rings (SSSR count). The van der Waals surface area contributed by atoms with Crippen LogP contribution < -0.4 is 0 Å². The Morgan fingerprint density at radius 3 is 1.70 bits per heavy atom. The summed E-state index contributed by atoms with van der Waals surface area (Å²) in [6, 6.07) is 0. The minimum atomic E-state index is -3.70. The van der Waals surface area contributed by atoms with Crippen LogP contribution in [0, 0.1) is 0 Å². The average molecular weight is 347 g/mol. The summed E-state index contributed by atoms with van der Waals surface area (Å²) in [4.78, 5) is 9.78. The summed E-state index contributed by atoms with van der Waals surface area (Å²) in [6.45, 7) is 6.29. The fourth-order valence-corrected chi connectivity index (χ4v) is 4.74. The molecular formula is C9H16O8PS2. The van der Waals surface area contributed by atoms with Gasteiger partial charge in [0.15, 0.2) is 19.7 Å². The molecule has 0 aromatic heterocycles. The minimum absolute atomic E-state index is 0.570. The molecule has 0 bridgehead atoms. The highest BCUT2D eigenvalue weighted by Gasteiger charge is 2.49. The van der Waals surface area contributed by atoms with E-state index in [-0.39, 0.29) is 0 Å². The lowest BCUT2D eigenvalue weighted by Crippen LogP contribution is -2.34. The highest BCUT2D eigenvalue weighted by Crippen LogP contribution is 2.64. The Morgan fingerprint density at radius 1 is 1.10 bits per heavy atom. The Morgan fingerprint density at radius 2 is 1.45 bits per heavy atom. The largest absolute Gasteiger partial charge is 0.378 e. The molecule has 1 N–H and O–H groups in total. The van der Waals surface area contributed by atoms with Crippen molar-refractivity contribution in [1.29, 1.82) is 0 Å². The van der Waals surface area contributed by atoms with Crippen molar-refractivity contribution in [2.24, 2.45) is 0 Å². The molecule has 20 heavy (non-hydrogen) atoms. The lowest BCUT2D eigenvalue weighted by atomic mass is 10.3. The first-order chi connectivity index (χ1) is 9.06. The third-order valence-electron chi connectivity index (χ3n) is 2.48. The second-order valence-electron chi connectivity index (χ2n) is 3.93. The molecule has 11 heteroatoms. The van der Waals surface area contributed by atoms with Gasteiger partial charge in [-0.2, -0.15) is 0 Å². The normalized spacial score (nSPS) is 31.1. The van der Waals surface area contributed by atoms with Gasteiger partial charge >= 0.3 is 8.17 Å². The second kappa shape index (κ2) is 6.18. The minimum Gasteiger partial charge on any atom is -0.314 e. The third kappa shape index (κ3) is 4.59. The number of hydrogen-bond acceptors (Lipinski definition) is 8. The molecule has 2 unspecified atom stereocenters. The Hall–Kier alpha value is -0.350. The number of hydrogen-bond donors (Lipinski definition) is 1. The van der Waals surface area contributed by atoms with Crippen LogP contribution in [-0.4, -0.2) is 52.6 Å². The lowest BCUT2D eigenvalue weighted by molar-refractivity contribution is 0.170. The van der Waals surface area contributed by atoms with Crippen molar-refractivity contribution in [2.75, 3.05) is 18.6 Å². The van der Waals surface area contributed by atoms with E-state index in [4.69, 9.17) is 9.05 Å². The fraction of sp³-hybridized carbons (Fsp3) is 0.556. The smallest absolute Gasteiger partial charge is 0.314 e. The van der Waals surface area contributed by atoms with Crippen LogP contribution in [0.25, 0.3) is 0 Å². The first-order valence-corrected chi connectivity index (χ1v) is 10.2. The standard InChI is InChI=1S/C9H16O8PS2/c1-4-19(11,12)6-8-9(7-20(13,14)5-2)17-18(10,15-3)16-8/h4-5,8-10H,1-2,6-7H2,3H3. The Bertz CT molecular complexity index is 533. The molecule has 1 fully saturated rings. The summed E-state index contributed by atoms with van der Waals surface area (Å²) in [7, 11) is -9.93. The van der Waals surface area contributed by atoms with Crippen molar-refractivity contribution in [3.63, 3.8) is 0 Å². The topological polar surface area (TPSA) is 116 Å². The zero-order valence-corrected chi connectivity index (χ0v) is 13.2. The van der Waals surface area contributed by atoms with Gasteiger partial charge in [-0.25, -0.2) is 16.8 Å². The summed E-state index contributed by atoms with van der Waals surface area (Å²) in [6.07, 6.45) is -2.35. The van der Waals surface area contributed by atoms with Gasteiger partial charge in [0.2, 0.25) is 0 Å². The Balaban J connectivity index is 2.99. The van der Waals surface area contributed by atoms with Crippen LogP contribution in [0.4, 0.5) is 0 Å². The van der Waals surface area contributed by atoms with E-state index in [1.807, 2.05) is 0 Å². The van der Waals surface area contributed by atoms with E-state index in [0.717, 1.165) is 17.9 Å². The van der Waals surface area contributed by atoms with Crippen LogP contribution in [0.3, 0.4) is 0 Å². The van der Waals surface area contributed by atoms with Gasteiger partial charge in [0, 0.05) is 17.9 Å². The molecule has 1 saturated heterocycles.